The average Bonchev–Trinajstić information content (AvgIpc) is 2.46. The zero-order valence-electron chi connectivity index (χ0n) is 11.9. The molecule has 1 atom stereocenters. The molecule has 0 bridgehead atoms. The normalized spacial score (nSPS) is 12.7. The van der Waals surface area contributed by atoms with Crippen molar-refractivity contribution in [3.63, 3.8) is 0 Å². The van der Waals surface area contributed by atoms with Crippen molar-refractivity contribution in [1.29, 1.82) is 5.26 Å². The molecule has 0 N–H and O–H groups in total. The molecule has 0 aliphatic carbocycles. The Morgan fingerprint density at radius 2 is 1.78 bits per heavy atom. The van der Waals surface area contributed by atoms with Gasteiger partial charge >= 0.3 is 6.18 Å². The first kappa shape index (κ1) is 17.3. The molecular weight excluding hydrogens is 330 g/mol. The molecule has 0 aliphatic heterocycles. The molecule has 23 heavy (non-hydrogen) atoms. The van der Waals surface area contributed by atoms with E-state index in [1.165, 1.54) is 0 Å². The second kappa shape index (κ2) is 6.60. The summed E-state index contributed by atoms with van der Waals surface area (Å²) in [4.78, 5) is -0.318. The van der Waals surface area contributed by atoms with E-state index in [2.05, 4.69) is 0 Å². The molecule has 2 nitrogen and oxygen atoms in total. The fraction of sp³-hybridized carbons (Fsp3) is 0.188. The fourth-order valence-electron chi connectivity index (χ4n) is 2.01. The number of alkyl halides is 3. The SMILES string of the molecule is Cc1ccc(-c2cc([S+]([O-])CC(F)(F)F)c(C#N)cc2F)cc1. The Kier molecular flexibility index (Phi) is 4.97. The van der Waals surface area contributed by atoms with Crippen molar-refractivity contribution >= 4 is 11.2 Å². The molecule has 0 amide bonds. The molecule has 0 fully saturated rings. The summed E-state index contributed by atoms with van der Waals surface area (Å²) in [5.74, 6) is -2.33. The van der Waals surface area contributed by atoms with Crippen LogP contribution in [0.2, 0.25) is 0 Å². The molecule has 0 aliphatic rings. The van der Waals surface area contributed by atoms with Crippen molar-refractivity contribution in [2.45, 2.75) is 18.0 Å². The van der Waals surface area contributed by atoms with Gasteiger partial charge in [-0.2, -0.15) is 18.4 Å². The first-order valence-corrected chi connectivity index (χ1v) is 7.79. The predicted octanol–water partition coefficient (Wildman–Crippen LogP) is 4.34. The van der Waals surface area contributed by atoms with E-state index in [9.17, 15) is 22.1 Å². The smallest absolute Gasteiger partial charge is 0.433 e. The first-order chi connectivity index (χ1) is 10.7. The summed E-state index contributed by atoms with van der Waals surface area (Å²) in [6.45, 7) is 1.84. The molecule has 120 valence electrons. The van der Waals surface area contributed by atoms with Gasteiger partial charge in [0.05, 0.1) is 0 Å². The number of hydrogen-bond acceptors (Lipinski definition) is 2. The minimum Gasteiger partial charge on any atom is -0.611 e. The molecule has 0 saturated heterocycles. The quantitative estimate of drug-likeness (QED) is 0.616. The maximum Gasteiger partial charge on any atom is 0.433 e. The van der Waals surface area contributed by atoms with Gasteiger partial charge in [0.25, 0.3) is 0 Å². The Morgan fingerprint density at radius 3 is 2.30 bits per heavy atom. The van der Waals surface area contributed by atoms with Crippen molar-refractivity contribution in [1.82, 2.24) is 0 Å². The van der Waals surface area contributed by atoms with Crippen molar-refractivity contribution in [2.24, 2.45) is 0 Å². The summed E-state index contributed by atoms with van der Waals surface area (Å²) in [6, 6.07) is 10.1. The van der Waals surface area contributed by atoms with Crippen molar-refractivity contribution in [2.75, 3.05) is 5.75 Å². The third kappa shape index (κ3) is 4.24. The number of rotatable bonds is 3. The molecular formula is C16H11F4NOS. The number of hydrogen-bond donors (Lipinski definition) is 0. The minimum atomic E-state index is -4.64. The molecule has 1 unspecified atom stereocenters. The van der Waals surface area contributed by atoms with Crippen LogP contribution < -0.4 is 0 Å². The third-order valence-corrected chi connectivity index (χ3v) is 4.51. The van der Waals surface area contributed by atoms with Gasteiger partial charge in [-0.05, 0) is 29.7 Å². The highest BCUT2D eigenvalue weighted by atomic mass is 32.2. The summed E-state index contributed by atoms with van der Waals surface area (Å²) in [7, 11) is 0. The molecule has 7 heteroatoms. The molecule has 0 heterocycles. The van der Waals surface area contributed by atoms with E-state index in [1.54, 1.807) is 30.3 Å². The Morgan fingerprint density at radius 1 is 1.17 bits per heavy atom. The molecule has 2 aromatic rings. The predicted molar refractivity (Wildman–Crippen MR) is 78.6 cm³/mol. The highest BCUT2D eigenvalue weighted by molar-refractivity contribution is 7.91. The van der Waals surface area contributed by atoms with E-state index < -0.39 is 28.9 Å². The molecule has 0 spiro atoms. The summed E-state index contributed by atoms with van der Waals surface area (Å²) >= 11 is -2.48. The van der Waals surface area contributed by atoms with Gasteiger partial charge in [-0.3, -0.25) is 0 Å². The third-order valence-electron chi connectivity index (χ3n) is 3.09. The minimum absolute atomic E-state index is 0.00882. The fourth-order valence-corrected chi connectivity index (χ4v) is 3.06. The lowest BCUT2D eigenvalue weighted by molar-refractivity contribution is -0.106. The summed E-state index contributed by atoms with van der Waals surface area (Å²) in [6.07, 6.45) is -4.64. The van der Waals surface area contributed by atoms with Gasteiger partial charge in [0.1, 0.15) is 17.4 Å². The summed E-state index contributed by atoms with van der Waals surface area (Å²) < 4.78 is 63.3. The Bertz CT molecular complexity index is 750. The highest BCUT2D eigenvalue weighted by Gasteiger charge is 2.37. The Hall–Kier alpha value is -2.04. The maximum atomic E-state index is 14.1. The summed E-state index contributed by atoms with van der Waals surface area (Å²) in [5.41, 5.74) is 1.02. The number of nitrogens with zero attached hydrogens (tertiary/aromatic N) is 1. The molecule has 0 saturated carbocycles. The lowest BCUT2D eigenvalue weighted by atomic mass is 10.0. The number of nitriles is 1. The van der Waals surface area contributed by atoms with Gasteiger partial charge in [0.2, 0.25) is 5.75 Å². The van der Waals surface area contributed by atoms with Crippen molar-refractivity contribution < 1.29 is 22.1 Å². The van der Waals surface area contributed by atoms with Gasteiger partial charge in [-0.1, -0.05) is 29.8 Å². The van der Waals surface area contributed by atoms with Crippen LogP contribution in [0.5, 0.6) is 0 Å². The van der Waals surface area contributed by atoms with Crippen LogP contribution in [-0.2, 0) is 11.2 Å². The lowest BCUT2D eigenvalue weighted by Gasteiger charge is -2.15. The molecule has 2 rings (SSSR count). The van der Waals surface area contributed by atoms with E-state index in [0.717, 1.165) is 17.7 Å². The Labute approximate surface area is 133 Å². The average molecular weight is 341 g/mol. The van der Waals surface area contributed by atoms with Crippen LogP contribution in [0.1, 0.15) is 11.1 Å². The maximum absolute atomic E-state index is 14.1. The molecule has 2 aromatic carbocycles. The van der Waals surface area contributed by atoms with Crippen LogP contribution in [0, 0.1) is 24.1 Å². The lowest BCUT2D eigenvalue weighted by Crippen LogP contribution is -2.23. The summed E-state index contributed by atoms with van der Waals surface area (Å²) in [5, 5.41) is 8.96. The number of halogens is 4. The second-order valence-corrected chi connectivity index (χ2v) is 6.33. The molecule has 0 radical (unpaired) electrons. The van der Waals surface area contributed by atoms with E-state index in [-0.39, 0.29) is 16.0 Å². The van der Waals surface area contributed by atoms with Gasteiger partial charge in [-0.25, -0.2) is 4.39 Å². The van der Waals surface area contributed by atoms with Gasteiger partial charge in [0.15, 0.2) is 4.90 Å². The highest BCUT2D eigenvalue weighted by Crippen LogP contribution is 2.31. The molecule has 0 aromatic heterocycles. The van der Waals surface area contributed by atoms with Crippen LogP contribution in [0.25, 0.3) is 11.1 Å². The van der Waals surface area contributed by atoms with Gasteiger partial charge in [0, 0.05) is 11.6 Å². The van der Waals surface area contributed by atoms with E-state index in [1.807, 2.05) is 6.92 Å². The standard InChI is InChI=1S/C16H11F4NOS/c1-10-2-4-11(5-3-10)13-7-15(12(8-21)6-14(13)17)23(22)9-16(18,19)20/h2-7H,9H2,1H3. The zero-order chi connectivity index (χ0) is 17.2. The number of benzene rings is 2. The van der Waals surface area contributed by atoms with Gasteiger partial charge < -0.3 is 4.55 Å². The topological polar surface area (TPSA) is 46.8 Å². The van der Waals surface area contributed by atoms with Crippen LogP contribution in [0.4, 0.5) is 17.6 Å². The zero-order valence-corrected chi connectivity index (χ0v) is 12.8. The number of aryl methyl sites for hydroxylation is 1. The van der Waals surface area contributed by atoms with Gasteiger partial charge in [-0.15, -0.1) is 0 Å². The van der Waals surface area contributed by atoms with Crippen LogP contribution >= 0.6 is 0 Å². The monoisotopic (exact) mass is 341 g/mol. The van der Waals surface area contributed by atoms with Crippen LogP contribution in [0.15, 0.2) is 41.3 Å². The van der Waals surface area contributed by atoms with E-state index >= 15 is 0 Å². The largest absolute Gasteiger partial charge is 0.611 e. The van der Waals surface area contributed by atoms with Crippen molar-refractivity contribution in [3.8, 4) is 17.2 Å². The second-order valence-electron chi connectivity index (χ2n) is 4.91. The van der Waals surface area contributed by atoms with Crippen LogP contribution in [-0.4, -0.2) is 16.5 Å². The van der Waals surface area contributed by atoms with Crippen molar-refractivity contribution in [3.05, 3.63) is 53.3 Å². The van der Waals surface area contributed by atoms with Crippen LogP contribution in [0.3, 0.4) is 0 Å². The van der Waals surface area contributed by atoms with E-state index in [4.69, 9.17) is 5.26 Å². The van der Waals surface area contributed by atoms with E-state index in [0.29, 0.717) is 5.56 Å². The Balaban J connectivity index is 2.52. The first-order valence-electron chi connectivity index (χ1n) is 6.47.